The smallest absolute Gasteiger partial charge is 0.349 e. The minimum absolute atomic E-state index is 0.0744. The van der Waals surface area contributed by atoms with Crippen molar-refractivity contribution >= 4 is 28.5 Å². The largest absolute Gasteiger partial charge is 0.422 e. The summed E-state index contributed by atoms with van der Waals surface area (Å²) in [6.45, 7) is 0. The number of nitrogens with one attached hydrogen (secondary N) is 1. The van der Waals surface area contributed by atoms with E-state index < -0.39 is 5.63 Å². The van der Waals surface area contributed by atoms with Gasteiger partial charge in [0.15, 0.2) is 0 Å². The molecule has 0 aliphatic heterocycles. The van der Waals surface area contributed by atoms with Crippen molar-refractivity contribution < 1.29 is 9.21 Å². The SMILES string of the molecule is O=C(NC1CCCCCCCCCCC1)c1cc2cc(CCl)ccc2oc1=O. The van der Waals surface area contributed by atoms with E-state index in [1.54, 1.807) is 12.1 Å². The normalized spacial score (nSPS) is 17.6. The average molecular weight is 404 g/mol. The van der Waals surface area contributed by atoms with Crippen LogP contribution in [0.15, 0.2) is 33.5 Å². The van der Waals surface area contributed by atoms with Crippen LogP contribution in [-0.2, 0) is 5.88 Å². The molecule has 1 saturated carbocycles. The molecule has 0 spiro atoms. The molecule has 1 N–H and O–H groups in total. The molecule has 0 atom stereocenters. The third-order valence-electron chi connectivity index (χ3n) is 5.64. The maximum atomic E-state index is 12.8. The number of carbonyl (C=O) groups excluding carboxylic acids is 1. The number of rotatable bonds is 3. The van der Waals surface area contributed by atoms with Crippen molar-refractivity contribution in [1.29, 1.82) is 0 Å². The molecule has 152 valence electrons. The van der Waals surface area contributed by atoms with E-state index in [1.165, 1.54) is 44.9 Å². The maximum absolute atomic E-state index is 12.8. The van der Waals surface area contributed by atoms with Crippen molar-refractivity contribution in [2.75, 3.05) is 0 Å². The van der Waals surface area contributed by atoms with Crippen molar-refractivity contribution in [2.45, 2.75) is 82.6 Å². The van der Waals surface area contributed by atoms with E-state index in [9.17, 15) is 9.59 Å². The summed E-state index contributed by atoms with van der Waals surface area (Å²) in [5.41, 5.74) is 0.886. The van der Waals surface area contributed by atoms with E-state index in [-0.39, 0.29) is 17.5 Å². The van der Waals surface area contributed by atoms with Gasteiger partial charge in [-0.1, -0.05) is 63.9 Å². The molecule has 0 radical (unpaired) electrons. The Morgan fingerprint density at radius 3 is 2.18 bits per heavy atom. The summed E-state index contributed by atoms with van der Waals surface area (Å²) in [6, 6.07) is 7.16. The first-order chi connectivity index (χ1) is 13.7. The van der Waals surface area contributed by atoms with E-state index in [2.05, 4.69) is 5.32 Å². The van der Waals surface area contributed by atoms with Crippen LogP contribution in [0.5, 0.6) is 0 Å². The Balaban J connectivity index is 1.72. The second-order valence-electron chi connectivity index (χ2n) is 7.88. The molecule has 2 aromatic rings. The van der Waals surface area contributed by atoms with Crippen molar-refractivity contribution in [3.8, 4) is 0 Å². The van der Waals surface area contributed by atoms with Gasteiger partial charge in [0, 0.05) is 17.3 Å². The summed E-state index contributed by atoms with van der Waals surface area (Å²) < 4.78 is 5.35. The summed E-state index contributed by atoms with van der Waals surface area (Å²) in [6.07, 6.45) is 13.2. The van der Waals surface area contributed by atoms with Gasteiger partial charge in [0.25, 0.3) is 5.91 Å². The Bertz CT molecular complexity index is 833. The molecule has 1 amide bonds. The third-order valence-corrected chi connectivity index (χ3v) is 5.94. The molecule has 28 heavy (non-hydrogen) atoms. The van der Waals surface area contributed by atoms with Crippen LogP contribution in [0, 0.1) is 0 Å². The molecule has 1 aromatic carbocycles. The number of halogens is 1. The van der Waals surface area contributed by atoms with E-state index in [4.69, 9.17) is 16.0 Å². The molecule has 1 aliphatic carbocycles. The number of alkyl halides is 1. The van der Waals surface area contributed by atoms with E-state index >= 15 is 0 Å². The Labute approximate surface area is 171 Å². The van der Waals surface area contributed by atoms with Gasteiger partial charge in [-0.2, -0.15) is 0 Å². The molecule has 0 unspecified atom stereocenters. The summed E-state index contributed by atoms with van der Waals surface area (Å²) in [5, 5.41) is 3.82. The van der Waals surface area contributed by atoms with Crippen LogP contribution in [-0.4, -0.2) is 11.9 Å². The highest BCUT2D eigenvalue weighted by molar-refractivity contribution is 6.17. The molecule has 1 fully saturated rings. The second kappa shape index (κ2) is 10.7. The lowest BCUT2D eigenvalue weighted by atomic mass is 9.97. The van der Waals surface area contributed by atoms with Crippen LogP contribution < -0.4 is 10.9 Å². The highest BCUT2D eigenvalue weighted by Gasteiger charge is 2.18. The first kappa shape index (κ1) is 20.9. The highest BCUT2D eigenvalue weighted by atomic mass is 35.5. The summed E-state index contributed by atoms with van der Waals surface area (Å²) in [5.74, 6) is 0.0441. The van der Waals surface area contributed by atoms with Gasteiger partial charge in [-0.15, -0.1) is 11.6 Å². The van der Waals surface area contributed by atoms with Crippen LogP contribution in [0.3, 0.4) is 0 Å². The molecular weight excluding hydrogens is 374 g/mol. The Morgan fingerprint density at radius 2 is 1.57 bits per heavy atom. The number of fused-ring (bicyclic) bond motifs is 1. The zero-order chi connectivity index (χ0) is 19.8. The number of amides is 1. The predicted octanol–water partition coefficient (Wildman–Crippen LogP) is 5.93. The maximum Gasteiger partial charge on any atom is 0.349 e. The zero-order valence-electron chi connectivity index (χ0n) is 16.5. The monoisotopic (exact) mass is 403 g/mol. The second-order valence-corrected chi connectivity index (χ2v) is 8.15. The number of benzene rings is 1. The predicted molar refractivity (Wildman–Crippen MR) is 114 cm³/mol. The molecule has 4 nitrogen and oxygen atoms in total. The van der Waals surface area contributed by atoms with Crippen molar-refractivity contribution in [2.24, 2.45) is 0 Å². The standard InChI is InChI=1S/C23H30ClNO3/c24-16-17-12-13-21-18(14-17)15-20(23(27)28-21)22(26)25-19-10-8-6-4-2-1-3-5-7-9-11-19/h12-15,19H,1-11,16H2,(H,25,26). The van der Waals surface area contributed by atoms with Crippen molar-refractivity contribution in [3.05, 3.63) is 45.8 Å². The Morgan fingerprint density at radius 1 is 0.964 bits per heavy atom. The van der Waals surface area contributed by atoms with E-state index in [0.717, 1.165) is 36.6 Å². The molecule has 3 rings (SSSR count). The summed E-state index contributed by atoms with van der Waals surface area (Å²) in [7, 11) is 0. The lowest BCUT2D eigenvalue weighted by Gasteiger charge is -2.19. The quantitative estimate of drug-likeness (QED) is 0.510. The van der Waals surface area contributed by atoms with Gasteiger partial charge < -0.3 is 9.73 Å². The van der Waals surface area contributed by atoms with Crippen LogP contribution in [0.2, 0.25) is 0 Å². The Kier molecular flexibility index (Phi) is 7.96. The van der Waals surface area contributed by atoms with Crippen LogP contribution in [0.4, 0.5) is 0 Å². The Hall–Kier alpha value is -1.81. The van der Waals surface area contributed by atoms with E-state index in [1.807, 2.05) is 12.1 Å². The van der Waals surface area contributed by atoms with Gasteiger partial charge in [-0.3, -0.25) is 4.79 Å². The highest BCUT2D eigenvalue weighted by Crippen LogP contribution is 2.19. The lowest BCUT2D eigenvalue weighted by molar-refractivity contribution is 0.0928. The zero-order valence-corrected chi connectivity index (χ0v) is 17.2. The van der Waals surface area contributed by atoms with Gasteiger partial charge in [-0.05, 0) is 36.6 Å². The third kappa shape index (κ3) is 5.84. The van der Waals surface area contributed by atoms with Gasteiger partial charge >= 0.3 is 5.63 Å². The number of hydrogen-bond acceptors (Lipinski definition) is 3. The average Bonchev–Trinajstić information content (AvgIpc) is 2.69. The summed E-state index contributed by atoms with van der Waals surface area (Å²) in [4.78, 5) is 25.1. The minimum atomic E-state index is -0.586. The first-order valence-electron chi connectivity index (χ1n) is 10.6. The van der Waals surface area contributed by atoms with Crippen LogP contribution in [0.1, 0.15) is 86.6 Å². The van der Waals surface area contributed by atoms with Gasteiger partial charge in [-0.25, -0.2) is 4.79 Å². The van der Waals surface area contributed by atoms with Gasteiger partial charge in [0.2, 0.25) is 0 Å². The fourth-order valence-electron chi connectivity index (χ4n) is 3.99. The minimum Gasteiger partial charge on any atom is -0.422 e. The van der Waals surface area contributed by atoms with Crippen molar-refractivity contribution in [3.63, 3.8) is 0 Å². The molecule has 1 aromatic heterocycles. The van der Waals surface area contributed by atoms with Crippen LogP contribution in [0.25, 0.3) is 11.0 Å². The fourth-order valence-corrected chi connectivity index (χ4v) is 4.15. The molecule has 0 saturated heterocycles. The van der Waals surface area contributed by atoms with Crippen molar-refractivity contribution in [1.82, 2.24) is 5.32 Å². The molecule has 1 aliphatic rings. The van der Waals surface area contributed by atoms with E-state index in [0.29, 0.717) is 11.5 Å². The number of carbonyl (C=O) groups is 1. The van der Waals surface area contributed by atoms with Gasteiger partial charge in [0.1, 0.15) is 11.1 Å². The van der Waals surface area contributed by atoms with Gasteiger partial charge in [0.05, 0.1) is 0 Å². The molecular formula is C23H30ClNO3. The molecule has 0 bridgehead atoms. The fraction of sp³-hybridized carbons (Fsp3) is 0.565. The number of hydrogen-bond donors (Lipinski definition) is 1. The summed E-state index contributed by atoms with van der Waals surface area (Å²) >= 11 is 5.89. The lowest BCUT2D eigenvalue weighted by Crippen LogP contribution is -2.37. The molecule has 5 heteroatoms. The topological polar surface area (TPSA) is 59.3 Å². The first-order valence-corrected chi connectivity index (χ1v) is 11.1. The van der Waals surface area contributed by atoms with Crippen LogP contribution >= 0.6 is 11.6 Å². The molecule has 1 heterocycles.